The van der Waals surface area contributed by atoms with Crippen molar-refractivity contribution in [3.63, 3.8) is 0 Å². The van der Waals surface area contributed by atoms with Crippen molar-refractivity contribution in [3.05, 3.63) is 363 Å². The van der Waals surface area contributed by atoms with Crippen LogP contribution in [0.2, 0.25) is 0 Å². The molecule has 0 unspecified atom stereocenters. The minimum absolute atomic E-state index is 0.182. The largest absolute Gasteiger partial charge is 0.310 e. The summed E-state index contributed by atoms with van der Waals surface area (Å²) in [6.07, 6.45) is 0. The molecule has 17 aromatic rings. The lowest BCUT2D eigenvalue weighted by molar-refractivity contribution is 0.590. The quantitative estimate of drug-likeness (QED) is 0.0999. The summed E-state index contributed by atoms with van der Waals surface area (Å²) < 4.78 is 2.49. The van der Waals surface area contributed by atoms with Gasteiger partial charge in [0.2, 0.25) is 0 Å². The average Bonchev–Trinajstić information content (AvgIpc) is 0.734. The second kappa shape index (κ2) is 24.6. The first-order chi connectivity index (χ1) is 50.9. The van der Waals surface area contributed by atoms with Crippen molar-refractivity contribution >= 4 is 101 Å². The summed E-state index contributed by atoms with van der Waals surface area (Å²) in [5.41, 5.74) is 32.6. The molecule has 2 aliphatic heterocycles. The number of nitrogens with zero attached hydrogens (tertiary/aromatic N) is 3. The minimum atomic E-state index is -0.228. The van der Waals surface area contributed by atoms with E-state index in [9.17, 15) is 0 Å². The van der Waals surface area contributed by atoms with Gasteiger partial charge in [0.05, 0.1) is 22.4 Å². The Kier molecular flexibility index (Phi) is 14.8. The highest BCUT2D eigenvalue weighted by Crippen LogP contribution is 2.56. The molecule has 0 fully saturated rings. The highest BCUT2D eigenvalue weighted by molar-refractivity contribution is 7.00. The number of hydrogen-bond donors (Lipinski definition) is 0. The van der Waals surface area contributed by atoms with Crippen LogP contribution in [0.1, 0.15) is 52.7 Å². The fourth-order valence-electron chi connectivity index (χ4n) is 17.2. The molecule has 0 aliphatic carbocycles. The van der Waals surface area contributed by atoms with E-state index in [-0.39, 0.29) is 17.5 Å². The van der Waals surface area contributed by atoms with Gasteiger partial charge in [-0.2, -0.15) is 0 Å². The van der Waals surface area contributed by atoms with Crippen LogP contribution in [0.15, 0.2) is 352 Å². The summed E-state index contributed by atoms with van der Waals surface area (Å²) >= 11 is 0. The van der Waals surface area contributed by atoms with Crippen molar-refractivity contribution in [1.82, 2.24) is 4.57 Å². The lowest BCUT2D eigenvalue weighted by atomic mass is 9.33. The van der Waals surface area contributed by atoms with Gasteiger partial charge < -0.3 is 14.4 Å². The summed E-state index contributed by atoms with van der Waals surface area (Å²) in [7, 11) is 0. The van der Waals surface area contributed by atoms with E-state index in [1.165, 1.54) is 121 Å². The molecule has 3 heterocycles. The van der Waals surface area contributed by atoms with E-state index in [4.69, 9.17) is 0 Å². The van der Waals surface area contributed by atoms with Gasteiger partial charge in [-0.15, -0.1) is 0 Å². The molecule has 0 radical (unpaired) electrons. The second-order valence-corrected chi connectivity index (χ2v) is 30.3. The molecule has 16 aromatic carbocycles. The van der Waals surface area contributed by atoms with Crippen LogP contribution in [0.3, 0.4) is 0 Å². The van der Waals surface area contributed by atoms with Crippen molar-refractivity contribution in [3.8, 4) is 83.6 Å². The van der Waals surface area contributed by atoms with Crippen molar-refractivity contribution in [2.75, 3.05) is 9.80 Å². The standard InChI is InChI=1S/C100H76BN3/c1-99(2,3)71-60-82(66-35-14-8-15-36-66)97(83(61-71)67-37-16-9-17-38-67)103-90-53-32-54-91-96(90)101(86-57-55-70(59-92(86)103)94-78-47-24-26-49-80(78)95(81-50-27-25-48-79(81)94)77-46-23-22-43-74(77)65-33-12-7-13-34-65)87-58-56-73(102-88-51-30-28-44-75(88)76-45-29-31-52-89(76)102)64-93(87)104(91)98-84(68-39-18-10-19-40-68)62-72(100(4,5)6)63-85(98)69-41-20-11-21-42-69/h7-64H,1-6H3. The van der Waals surface area contributed by atoms with Gasteiger partial charge in [-0.25, -0.2) is 0 Å². The van der Waals surface area contributed by atoms with Crippen LogP contribution in [0.5, 0.6) is 0 Å². The van der Waals surface area contributed by atoms with Crippen LogP contribution in [0, 0.1) is 0 Å². The molecule has 1 aromatic heterocycles. The zero-order valence-corrected chi connectivity index (χ0v) is 59.4. The van der Waals surface area contributed by atoms with E-state index in [2.05, 4.69) is 408 Å². The number of para-hydroxylation sites is 2. The number of hydrogen-bond acceptors (Lipinski definition) is 2. The Morgan fingerprint density at radius 3 is 0.990 bits per heavy atom. The highest BCUT2D eigenvalue weighted by atomic mass is 15.2. The molecule has 0 bridgehead atoms. The predicted octanol–water partition coefficient (Wildman–Crippen LogP) is 25.4. The van der Waals surface area contributed by atoms with Gasteiger partial charge in [0.1, 0.15) is 0 Å². The molecule has 0 saturated carbocycles. The molecule has 104 heavy (non-hydrogen) atoms. The fraction of sp³-hybridized carbons (Fsp3) is 0.0800. The molecule has 494 valence electrons. The van der Waals surface area contributed by atoms with Crippen LogP contribution in [0.25, 0.3) is 127 Å². The van der Waals surface area contributed by atoms with E-state index in [1.807, 2.05) is 0 Å². The molecule has 3 nitrogen and oxygen atoms in total. The maximum Gasteiger partial charge on any atom is 0.252 e. The lowest BCUT2D eigenvalue weighted by Crippen LogP contribution is -2.61. The van der Waals surface area contributed by atoms with Gasteiger partial charge in [-0.05, 0) is 182 Å². The van der Waals surface area contributed by atoms with Gasteiger partial charge in [-0.3, -0.25) is 0 Å². The van der Waals surface area contributed by atoms with Crippen molar-refractivity contribution in [2.24, 2.45) is 0 Å². The summed E-state index contributed by atoms with van der Waals surface area (Å²) in [5.74, 6) is 0. The molecule has 0 spiro atoms. The van der Waals surface area contributed by atoms with E-state index >= 15 is 0 Å². The zero-order chi connectivity index (χ0) is 70.0. The third-order valence-corrected chi connectivity index (χ3v) is 22.1. The van der Waals surface area contributed by atoms with Crippen LogP contribution in [0.4, 0.5) is 34.1 Å². The Morgan fingerprint density at radius 1 is 0.240 bits per heavy atom. The van der Waals surface area contributed by atoms with Crippen molar-refractivity contribution in [2.45, 2.75) is 52.4 Å². The molecular weight excluding hydrogens is 1250 g/mol. The summed E-state index contributed by atoms with van der Waals surface area (Å²) in [5, 5.41) is 7.29. The van der Waals surface area contributed by atoms with E-state index < -0.39 is 0 Å². The van der Waals surface area contributed by atoms with Crippen molar-refractivity contribution in [1.29, 1.82) is 0 Å². The van der Waals surface area contributed by atoms with Crippen LogP contribution < -0.4 is 26.2 Å². The van der Waals surface area contributed by atoms with Gasteiger partial charge in [0, 0.05) is 61.5 Å². The van der Waals surface area contributed by atoms with Gasteiger partial charge >= 0.3 is 0 Å². The summed E-state index contributed by atoms with van der Waals surface area (Å²) in [6.45, 7) is 13.9. The lowest BCUT2D eigenvalue weighted by Gasteiger charge is -2.46. The first-order valence-corrected chi connectivity index (χ1v) is 36.6. The Labute approximate surface area is 610 Å². The van der Waals surface area contributed by atoms with Crippen LogP contribution in [-0.2, 0) is 10.8 Å². The third-order valence-electron chi connectivity index (χ3n) is 22.1. The predicted molar refractivity (Wildman–Crippen MR) is 445 cm³/mol. The topological polar surface area (TPSA) is 11.4 Å². The molecule has 0 N–H and O–H groups in total. The van der Waals surface area contributed by atoms with Gasteiger partial charge in [0.25, 0.3) is 6.71 Å². The average molecular weight is 1330 g/mol. The molecule has 2 aliphatic rings. The second-order valence-electron chi connectivity index (χ2n) is 30.3. The maximum absolute atomic E-state index is 2.70. The number of rotatable bonds is 10. The number of anilines is 6. The zero-order valence-electron chi connectivity index (χ0n) is 59.4. The molecular formula is C100H76BN3. The van der Waals surface area contributed by atoms with Crippen molar-refractivity contribution < 1.29 is 0 Å². The first-order valence-electron chi connectivity index (χ1n) is 36.6. The molecule has 19 rings (SSSR count). The van der Waals surface area contributed by atoms with E-state index in [0.717, 1.165) is 67.6 Å². The van der Waals surface area contributed by atoms with Crippen LogP contribution >= 0.6 is 0 Å². The monoisotopic (exact) mass is 1330 g/mol. The molecule has 0 amide bonds. The third kappa shape index (κ3) is 10.2. The Morgan fingerprint density at radius 2 is 0.577 bits per heavy atom. The van der Waals surface area contributed by atoms with Crippen LogP contribution in [-0.4, -0.2) is 11.3 Å². The van der Waals surface area contributed by atoms with E-state index in [1.54, 1.807) is 0 Å². The molecule has 4 heteroatoms. The summed E-state index contributed by atoms with van der Waals surface area (Å²) in [4.78, 5) is 5.39. The normalized spacial score (nSPS) is 12.7. The Hall–Kier alpha value is -12.5. The number of aromatic nitrogens is 1. The Bertz CT molecular complexity index is 6010. The molecule has 0 atom stereocenters. The van der Waals surface area contributed by atoms with E-state index in [0.29, 0.717) is 0 Å². The minimum Gasteiger partial charge on any atom is -0.310 e. The first kappa shape index (κ1) is 62.5. The number of benzene rings is 16. The number of fused-ring (bicyclic) bond motifs is 9. The smallest absolute Gasteiger partial charge is 0.252 e. The SMILES string of the molecule is CC(C)(C)c1cc(-c2ccccc2)c(N2c3cc(-c4c5ccccc5c(-c5ccccc5-c5ccccc5)c5ccccc45)ccc3B3c4ccc(-n5c6ccccc6c6ccccc65)cc4N(c4c(-c5ccccc5)cc(C(C)(C)C)cc4-c4ccccc4)c4cccc2c43)c(-c2ccccc2)c1. The highest BCUT2D eigenvalue weighted by Gasteiger charge is 2.46. The Balaban J connectivity index is 0.961. The molecule has 0 saturated heterocycles. The van der Waals surface area contributed by atoms with Gasteiger partial charge in [-0.1, -0.05) is 327 Å². The summed E-state index contributed by atoms with van der Waals surface area (Å²) in [6, 6.07) is 133. The van der Waals surface area contributed by atoms with Gasteiger partial charge in [0.15, 0.2) is 0 Å². The fourth-order valence-corrected chi connectivity index (χ4v) is 17.2. The maximum atomic E-state index is 2.70.